The number of amides is 1. The largest absolute Gasteiger partial charge is 0.360 e. The molecule has 0 atom stereocenters. The van der Waals surface area contributed by atoms with E-state index in [1.54, 1.807) is 13.0 Å². The van der Waals surface area contributed by atoms with Gasteiger partial charge in [0.15, 0.2) is 5.82 Å². The second-order valence-corrected chi connectivity index (χ2v) is 8.18. The molecule has 0 unspecified atom stereocenters. The van der Waals surface area contributed by atoms with Crippen molar-refractivity contribution in [1.29, 1.82) is 0 Å². The van der Waals surface area contributed by atoms with Crippen molar-refractivity contribution in [3.05, 3.63) is 46.2 Å². The van der Waals surface area contributed by atoms with Crippen molar-refractivity contribution >= 4 is 27.4 Å². The highest BCUT2D eigenvalue weighted by molar-refractivity contribution is 7.89. The highest BCUT2D eigenvalue weighted by Crippen LogP contribution is 2.26. The van der Waals surface area contributed by atoms with Crippen LogP contribution in [0.4, 0.5) is 11.5 Å². The summed E-state index contributed by atoms with van der Waals surface area (Å²) < 4.78 is 31.5. The van der Waals surface area contributed by atoms with Crippen LogP contribution in [0.15, 0.2) is 39.8 Å². The third-order valence-corrected chi connectivity index (χ3v) is 6.30. The number of nitrogens with zero attached hydrogens (tertiary/aromatic N) is 3. The highest BCUT2D eigenvalue weighted by atomic mass is 32.2. The second-order valence-electron chi connectivity index (χ2n) is 6.24. The van der Waals surface area contributed by atoms with Crippen LogP contribution in [0.3, 0.4) is 0 Å². The zero-order chi connectivity index (χ0) is 19.6. The van der Waals surface area contributed by atoms with Gasteiger partial charge in [0.2, 0.25) is 15.9 Å². The van der Waals surface area contributed by atoms with E-state index in [1.165, 1.54) is 16.4 Å². The fourth-order valence-electron chi connectivity index (χ4n) is 2.90. The van der Waals surface area contributed by atoms with E-state index in [2.05, 4.69) is 10.5 Å². The Bertz CT molecular complexity index is 946. The standard InChI is InChI=1S/C16H18N4O6S/c1-11-10-15(18-26-11)17-16(21)12-6-8-19(9-7-12)27(24,25)14-4-2-13(3-5-14)20(22)23/h2-5,10,12H,6-9H2,1H3,(H,17,18,21). The van der Waals surface area contributed by atoms with Crippen LogP contribution in [0.2, 0.25) is 0 Å². The predicted octanol–water partition coefficient (Wildman–Crippen LogP) is 1.93. The molecule has 2 aromatic rings. The number of anilines is 1. The Kier molecular flexibility index (Phi) is 5.24. The number of carbonyl (C=O) groups excluding carboxylic acids is 1. The van der Waals surface area contributed by atoms with E-state index in [1.807, 2.05) is 0 Å². The number of piperidine rings is 1. The fourth-order valence-corrected chi connectivity index (χ4v) is 4.37. The van der Waals surface area contributed by atoms with Crippen molar-refractivity contribution in [2.75, 3.05) is 18.4 Å². The first-order chi connectivity index (χ1) is 12.8. The van der Waals surface area contributed by atoms with Gasteiger partial charge in [-0.1, -0.05) is 5.16 Å². The highest BCUT2D eigenvalue weighted by Gasteiger charge is 2.32. The number of rotatable bonds is 5. The second kappa shape index (κ2) is 7.45. The van der Waals surface area contributed by atoms with Crippen LogP contribution in [-0.4, -0.2) is 41.8 Å². The van der Waals surface area contributed by atoms with Crippen LogP contribution in [0.5, 0.6) is 0 Å². The maximum Gasteiger partial charge on any atom is 0.269 e. The van der Waals surface area contributed by atoms with Gasteiger partial charge in [-0.05, 0) is 31.9 Å². The number of hydrogen-bond acceptors (Lipinski definition) is 7. The maximum atomic E-state index is 12.7. The Labute approximate surface area is 155 Å². The van der Waals surface area contributed by atoms with Crippen molar-refractivity contribution in [3.8, 4) is 0 Å². The lowest BCUT2D eigenvalue weighted by molar-refractivity contribution is -0.384. The van der Waals surface area contributed by atoms with Gasteiger partial charge < -0.3 is 9.84 Å². The van der Waals surface area contributed by atoms with Crippen molar-refractivity contribution < 1.29 is 22.7 Å². The van der Waals surface area contributed by atoms with Gasteiger partial charge in [-0.25, -0.2) is 8.42 Å². The molecule has 1 aromatic carbocycles. The minimum Gasteiger partial charge on any atom is -0.360 e. The first-order valence-electron chi connectivity index (χ1n) is 8.26. The van der Waals surface area contributed by atoms with E-state index >= 15 is 0 Å². The number of sulfonamides is 1. The molecule has 0 aliphatic carbocycles. The Morgan fingerprint density at radius 3 is 2.44 bits per heavy atom. The number of hydrogen-bond donors (Lipinski definition) is 1. The number of nitro benzene ring substituents is 1. The lowest BCUT2D eigenvalue weighted by atomic mass is 9.97. The third-order valence-electron chi connectivity index (χ3n) is 4.39. The van der Waals surface area contributed by atoms with Crippen LogP contribution in [-0.2, 0) is 14.8 Å². The number of nitro groups is 1. The molecular formula is C16H18N4O6S. The Morgan fingerprint density at radius 2 is 1.93 bits per heavy atom. The van der Waals surface area contributed by atoms with Gasteiger partial charge >= 0.3 is 0 Å². The molecule has 1 N–H and O–H groups in total. The quantitative estimate of drug-likeness (QED) is 0.604. The fraction of sp³-hybridized carbons (Fsp3) is 0.375. The third kappa shape index (κ3) is 4.14. The SMILES string of the molecule is Cc1cc(NC(=O)C2CCN(S(=O)(=O)c3ccc([N+](=O)[O-])cc3)CC2)no1. The summed E-state index contributed by atoms with van der Waals surface area (Å²) in [5.41, 5.74) is -0.174. The Balaban J connectivity index is 1.62. The number of non-ortho nitro benzene ring substituents is 1. The van der Waals surface area contributed by atoms with E-state index in [0.717, 1.165) is 12.1 Å². The normalized spacial score (nSPS) is 16.2. The number of aromatic nitrogens is 1. The molecular weight excluding hydrogens is 376 g/mol. The first kappa shape index (κ1) is 19.0. The van der Waals surface area contributed by atoms with Crippen molar-refractivity contribution in [2.24, 2.45) is 5.92 Å². The predicted molar refractivity (Wildman–Crippen MR) is 94.4 cm³/mol. The number of benzene rings is 1. The molecule has 10 nitrogen and oxygen atoms in total. The first-order valence-corrected chi connectivity index (χ1v) is 9.70. The van der Waals surface area contributed by atoms with E-state index < -0.39 is 14.9 Å². The maximum absolute atomic E-state index is 12.7. The van der Waals surface area contributed by atoms with E-state index in [0.29, 0.717) is 24.4 Å². The van der Waals surface area contributed by atoms with Crippen molar-refractivity contribution in [2.45, 2.75) is 24.7 Å². The number of nitrogens with one attached hydrogen (secondary N) is 1. The molecule has 11 heteroatoms. The molecule has 1 aliphatic rings. The van der Waals surface area contributed by atoms with Crippen LogP contribution >= 0.6 is 0 Å². The van der Waals surface area contributed by atoms with E-state index in [4.69, 9.17) is 4.52 Å². The molecule has 1 fully saturated rings. The number of aryl methyl sites for hydroxylation is 1. The molecule has 0 spiro atoms. The van der Waals surface area contributed by atoms with Crippen LogP contribution in [0.1, 0.15) is 18.6 Å². The van der Waals surface area contributed by atoms with E-state index in [-0.39, 0.29) is 35.5 Å². The molecule has 144 valence electrons. The molecule has 1 aliphatic heterocycles. The summed E-state index contributed by atoms with van der Waals surface area (Å²) in [6.45, 7) is 2.09. The molecule has 0 bridgehead atoms. The summed E-state index contributed by atoms with van der Waals surface area (Å²) in [6.07, 6.45) is 0.740. The van der Waals surface area contributed by atoms with Gasteiger partial charge in [0.05, 0.1) is 9.82 Å². The Morgan fingerprint density at radius 1 is 1.30 bits per heavy atom. The molecule has 3 rings (SSSR count). The lowest BCUT2D eigenvalue weighted by Gasteiger charge is -2.30. The van der Waals surface area contributed by atoms with Crippen LogP contribution in [0, 0.1) is 23.0 Å². The zero-order valence-corrected chi connectivity index (χ0v) is 15.3. The van der Waals surface area contributed by atoms with Crippen molar-refractivity contribution in [3.63, 3.8) is 0 Å². The summed E-state index contributed by atoms with van der Waals surface area (Å²) in [5.74, 6) is 0.355. The van der Waals surface area contributed by atoms with Gasteiger partial charge in [0.25, 0.3) is 5.69 Å². The number of carbonyl (C=O) groups is 1. The molecule has 27 heavy (non-hydrogen) atoms. The summed E-state index contributed by atoms with van der Waals surface area (Å²) in [4.78, 5) is 22.4. The summed E-state index contributed by atoms with van der Waals surface area (Å²) in [6, 6.07) is 6.37. The topological polar surface area (TPSA) is 136 Å². The molecule has 1 amide bonds. The van der Waals surface area contributed by atoms with E-state index in [9.17, 15) is 23.3 Å². The van der Waals surface area contributed by atoms with Gasteiger partial charge in [0, 0.05) is 37.2 Å². The molecule has 0 saturated carbocycles. The molecule has 1 saturated heterocycles. The van der Waals surface area contributed by atoms with Gasteiger partial charge in [-0.3, -0.25) is 14.9 Å². The molecule has 2 heterocycles. The summed E-state index contributed by atoms with van der Waals surface area (Å²) in [5, 5.41) is 17.1. The van der Waals surface area contributed by atoms with Crippen molar-refractivity contribution in [1.82, 2.24) is 9.46 Å². The average Bonchev–Trinajstić information content (AvgIpc) is 3.06. The Hall–Kier alpha value is -2.79. The zero-order valence-electron chi connectivity index (χ0n) is 14.5. The average molecular weight is 394 g/mol. The molecule has 0 radical (unpaired) electrons. The summed E-state index contributed by atoms with van der Waals surface area (Å²) >= 11 is 0. The monoisotopic (exact) mass is 394 g/mol. The molecule has 1 aromatic heterocycles. The summed E-state index contributed by atoms with van der Waals surface area (Å²) in [7, 11) is -3.76. The van der Waals surface area contributed by atoms with Gasteiger partial charge in [-0.15, -0.1) is 0 Å². The lowest BCUT2D eigenvalue weighted by Crippen LogP contribution is -2.41. The minimum absolute atomic E-state index is 0.00549. The minimum atomic E-state index is -3.76. The smallest absolute Gasteiger partial charge is 0.269 e. The van der Waals surface area contributed by atoms with Crippen LogP contribution < -0.4 is 5.32 Å². The van der Waals surface area contributed by atoms with Gasteiger partial charge in [-0.2, -0.15) is 4.31 Å². The van der Waals surface area contributed by atoms with Gasteiger partial charge in [0.1, 0.15) is 5.76 Å². The van der Waals surface area contributed by atoms with Crippen LogP contribution in [0.25, 0.3) is 0 Å².